The van der Waals surface area contributed by atoms with E-state index in [4.69, 9.17) is 23.7 Å². The highest BCUT2D eigenvalue weighted by molar-refractivity contribution is 7.99. The van der Waals surface area contributed by atoms with Crippen molar-refractivity contribution in [3.8, 4) is 0 Å². The van der Waals surface area contributed by atoms with Crippen molar-refractivity contribution in [2.45, 2.75) is 95.8 Å². The van der Waals surface area contributed by atoms with Crippen molar-refractivity contribution in [2.75, 3.05) is 12.5 Å². The standard InChI is InChI=1S/C18H32O6S/c1-6-25-12(2)22-17(19)23-13-7-8-14(24-18(3,4)5)10-16-15(9-13)20-11-21-16/h12-16H,6-11H2,1-5H3. The van der Waals surface area contributed by atoms with Crippen LogP contribution >= 0.6 is 11.8 Å². The maximum Gasteiger partial charge on any atom is 0.509 e. The van der Waals surface area contributed by atoms with Crippen LogP contribution in [0.25, 0.3) is 0 Å². The van der Waals surface area contributed by atoms with E-state index in [9.17, 15) is 4.79 Å². The fourth-order valence-electron chi connectivity index (χ4n) is 3.28. The molecule has 5 unspecified atom stereocenters. The van der Waals surface area contributed by atoms with Crippen LogP contribution < -0.4 is 0 Å². The van der Waals surface area contributed by atoms with E-state index in [0.717, 1.165) is 25.0 Å². The highest BCUT2D eigenvalue weighted by Crippen LogP contribution is 2.31. The maximum absolute atomic E-state index is 12.0. The molecule has 1 heterocycles. The lowest BCUT2D eigenvalue weighted by atomic mass is 9.92. The Labute approximate surface area is 155 Å². The van der Waals surface area contributed by atoms with Crippen LogP contribution in [0.1, 0.15) is 60.3 Å². The van der Waals surface area contributed by atoms with Crippen molar-refractivity contribution in [3.05, 3.63) is 0 Å². The van der Waals surface area contributed by atoms with E-state index < -0.39 is 6.16 Å². The van der Waals surface area contributed by atoms with Gasteiger partial charge in [-0.25, -0.2) is 4.79 Å². The molecule has 25 heavy (non-hydrogen) atoms. The highest BCUT2D eigenvalue weighted by atomic mass is 32.2. The summed E-state index contributed by atoms with van der Waals surface area (Å²) >= 11 is 1.56. The van der Waals surface area contributed by atoms with Gasteiger partial charge in [0.15, 0.2) is 0 Å². The van der Waals surface area contributed by atoms with Crippen LogP contribution in [-0.2, 0) is 23.7 Å². The van der Waals surface area contributed by atoms with Crippen molar-refractivity contribution in [3.63, 3.8) is 0 Å². The number of ether oxygens (including phenoxy) is 5. The van der Waals surface area contributed by atoms with Gasteiger partial charge in [-0.15, -0.1) is 11.8 Å². The second kappa shape index (κ2) is 9.44. The Morgan fingerprint density at radius 1 is 1.16 bits per heavy atom. The fourth-order valence-corrected chi connectivity index (χ4v) is 3.89. The summed E-state index contributed by atoms with van der Waals surface area (Å²) in [7, 11) is 0. The number of fused-ring (bicyclic) bond motifs is 1. The third-order valence-electron chi connectivity index (χ3n) is 4.23. The molecule has 1 saturated carbocycles. The zero-order valence-corrected chi connectivity index (χ0v) is 16.8. The molecule has 1 aliphatic heterocycles. The first-order chi connectivity index (χ1) is 11.8. The molecule has 0 bridgehead atoms. The summed E-state index contributed by atoms with van der Waals surface area (Å²) in [6, 6.07) is 0. The van der Waals surface area contributed by atoms with Crippen molar-refractivity contribution < 1.29 is 28.5 Å². The van der Waals surface area contributed by atoms with Gasteiger partial charge in [0, 0.05) is 12.8 Å². The number of carbonyl (C=O) groups excluding carboxylic acids is 1. The van der Waals surface area contributed by atoms with E-state index in [1.807, 2.05) is 34.6 Å². The number of rotatable bonds is 5. The minimum absolute atomic E-state index is 0.00987. The molecule has 2 rings (SSSR count). The molecular formula is C18H32O6S. The molecule has 0 N–H and O–H groups in total. The van der Waals surface area contributed by atoms with Gasteiger partial charge in [0.05, 0.1) is 23.9 Å². The fraction of sp³-hybridized carbons (Fsp3) is 0.944. The predicted octanol–water partition coefficient (Wildman–Crippen LogP) is 4.11. The Balaban J connectivity index is 1.93. The summed E-state index contributed by atoms with van der Waals surface area (Å²) in [6.45, 7) is 10.3. The Morgan fingerprint density at radius 3 is 2.36 bits per heavy atom. The zero-order valence-electron chi connectivity index (χ0n) is 16.0. The molecule has 0 aromatic rings. The minimum Gasteiger partial charge on any atom is -0.431 e. The summed E-state index contributed by atoms with van der Waals surface area (Å²) in [4.78, 5) is 12.0. The largest absolute Gasteiger partial charge is 0.509 e. The van der Waals surface area contributed by atoms with Crippen molar-refractivity contribution in [1.82, 2.24) is 0 Å². The number of hydrogen-bond donors (Lipinski definition) is 0. The first-order valence-electron chi connectivity index (χ1n) is 9.16. The van der Waals surface area contributed by atoms with Gasteiger partial charge in [-0.2, -0.15) is 0 Å². The Kier molecular flexibility index (Phi) is 7.86. The minimum atomic E-state index is -0.609. The van der Waals surface area contributed by atoms with E-state index >= 15 is 0 Å². The normalized spacial score (nSPS) is 31.6. The van der Waals surface area contributed by atoms with Gasteiger partial charge >= 0.3 is 6.16 Å². The molecule has 7 heteroatoms. The molecule has 0 aromatic heterocycles. The lowest BCUT2D eigenvalue weighted by Gasteiger charge is -2.34. The first-order valence-corrected chi connectivity index (χ1v) is 10.2. The molecule has 0 radical (unpaired) electrons. The second-order valence-corrected chi connectivity index (χ2v) is 9.13. The molecular weight excluding hydrogens is 344 g/mol. The molecule has 5 atom stereocenters. The van der Waals surface area contributed by atoms with Crippen molar-refractivity contribution in [1.29, 1.82) is 0 Å². The highest BCUT2D eigenvalue weighted by Gasteiger charge is 2.38. The van der Waals surface area contributed by atoms with Crippen LogP contribution in [0.2, 0.25) is 0 Å². The Morgan fingerprint density at radius 2 is 1.76 bits per heavy atom. The summed E-state index contributed by atoms with van der Waals surface area (Å²) in [5, 5.41) is 0. The predicted molar refractivity (Wildman–Crippen MR) is 96.7 cm³/mol. The first kappa shape index (κ1) is 20.8. The van der Waals surface area contributed by atoms with Gasteiger partial charge in [0.2, 0.25) is 0 Å². The number of carbonyl (C=O) groups is 1. The topological polar surface area (TPSA) is 63.2 Å². The van der Waals surface area contributed by atoms with Crippen LogP contribution in [0.4, 0.5) is 4.79 Å². The average molecular weight is 377 g/mol. The number of thioether (sulfide) groups is 1. The summed E-state index contributed by atoms with van der Waals surface area (Å²) in [5.41, 5.74) is -0.428. The molecule has 6 nitrogen and oxygen atoms in total. The third kappa shape index (κ3) is 7.33. The molecule has 2 aliphatic rings. The van der Waals surface area contributed by atoms with Gasteiger partial charge in [-0.05, 0) is 46.3 Å². The Hall–Kier alpha value is -0.500. The number of hydrogen-bond acceptors (Lipinski definition) is 7. The van der Waals surface area contributed by atoms with Gasteiger partial charge in [-0.3, -0.25) is 0 Å². The maximum atomic E-state index is 12.0. The van der Waals surface area contributed by atoms with E-state index in [1.165, 1.54) is 0 Å². The lowest BCUT2D eigenvalue weighted by Crippen LogP contribution is -2.39. The molecule has 1 saturated heterocycles. The van der Waals surface area contributed by atoms with E-state index in [0.29, 0.717) is 13.2 Å². The zero-order chi connectivity index (χ0) is 18.4. The van der Waals surface area contributed by atoms with E-state index in [2.05, 4.69) is 0 Å². The monoisotopic (exact) mass is 376 g/mol. The SMILES string of the molecule is CCSC(C)OC(=O)OC1CCC(OC(C)(C)C)CC2OCOC2C1. The molecule has 1 aliphatic carbocycles. The van der Waals surface area contributed by atoms with Gasteiger partial charge in [-0.1, -0.05) is 6.92 Å². The average Bonchev–Trinajstić information content (AvgIpc) is 2.87. The van der Waals surface area contributed by atoms with E-state index in [-0.39, 0.29) is 35.5 Å². The summed E-state index contributed by atoms with van der Waals surface area (Å²) in [6.07, 6.45) is 2.14. The van der Waals surface area contributed by atoms with Gasteiger partial charge < -0.3 is 23.7 Å². The van der Waals surface area contributed by atoms with Crippen molar-refractivity contribution >= 4 is 17.9 Å². The second-order valence-electron chi connectivity index (χ2n) is 7.56. The summed E-state index contributed by atoms with van der Waals surface area (Å²) in [5.74, 6) is 0.888. The van der Waals surface area contributed by atoms with Crippen LogP contribution in [0.15, 0.2) is 0 Å². The Bertz CT molecular complexity index is 424. The quantitative estimate of drug-likeness (QED) is 0.528. The molecule has 0 aromatic carbocycles. The van der Waals surface area contributed by atoms with Crippen LogP contribution in [-0.4, -0.2) is 54.2 Å². The lowest BCUT2D eigenvalue weighted by molar-refractivity contribution is -0.0954. The molecule has 0 spiro atoms. The molecule has 146 valence electrons. The third-order valence-corrected chi connectivity index (χ3v) is 5.13. The van der Waals surface area contributed by atoms with Gasteiger partial charge in [0.25, 0.3) is 0 Å². The van der Waals surface area contributed by atoms with Crippen LogP contribution in [0.5, 0.6) is 0 Å². The smallest absolute Gasteiger partial charge is 0.431 e. The molecule has 2 fully saturated rings. The van der Waals surface area contributed by atoms with Crippen LogP contribution in [0, 0.1) is 0 Å². The van der Waals surface area contributed by atoms with Crippen molar-refractivity contribution in [2.24, 2.45) is 0 Å². The van der Waals surface area contributed by atoms with Gasteiger partial charge in [0.1, 0.15) is 18.3 Å². The molecule has 0 amide bonds. The van der Waals surface area contributed by atoms with Crippen LogP contribution in [0.3, 0.4) is 0 Å². The van der Waals surface area contributed by atoms with E-state index in [1.54, 1.807) is 11.8 Å². The summed E-state index contributed by atoms with van der Waals surface area (Å²) < 4.78 is 28.4.